The van der Waals surface area contributed by atoms with Crippen molar-refractivity contribution >= 4 is 5.91 Å². The molecule has 7 nitrogen and oxygen atoms in total. The smallest absolute Gasteiger partial charge is 0.227 e. The Morgan fingerprint density at radius 1 is 1.21 bits per heavy atom. The van der Waals surface area contributed by atoms with E-state index in [0.717, 1.165) is 42.2 Å². The van der Waals surface area contributed by atoms with Crippen molar-refractivity contribution in [3.63, 3.8) is 0 Å². The summed E-state index contributed by atoms with van der Waals surface area (Å²) in [7, 11) is 1.64. The summed E-state index contributed by atoms with van der Waals surface area (Å²) in [6, 6.07) is 7.66. The molecule has 0 radical (unpaired) electrons. The van der Waals surface area contributed by atoms with E-state index in [-0.39, 0.29) is 11.8 Å². The first-order chi connectivity index (χ1) is 13.7. The molecule has 7 heteroatoms. The van der Waals surface area contributed by atoms with Crippen LogP contribution in [0.25, 0.3) is 5.82 Å². The van der Waals surface area contributed by atoms with Crippen LogP contribution in [0.2, 0.25) is 0 Å². The fraction of sp³-hybridized carbons (Fsp3) is 0.333. The molecule has 3 aromatic rings. The van der Waals surface area contributed by atoms with Gasteiger partial charge in [0.15, 0.2) is 5.82 Å². The van der Waals surface area contributed by atoms with Crippen LogP contribution in [0.1, 0.15) is 30.0 Å². The van der Waals surface area contributed by atoms with E-state index in [2.05, 4.69) is 9.97 Å². The van der Waals surface area contributed by atoms with Crippen molar-refractivity contribution in [3.05, 3.63) is 66.6 Å². The Morgan fingerprint density at radius 3 is 2.82 bits per heavy atom. The third kappa shape index (κ3) is 4.03. The molecule has 28 heavy (non-hydrogen) atoms. The van der Waals surface area contributed by atoms with Gasteiger partial charge in [-0.1, -0.05) is 12.1 Å². The highest BCUT2D eigenvalue weighted by molar-refractivity contribution is 5.79. The second kappa shape index (κ2) is 8.21. The van der Waals surface area contributed by atoms with E-state index in [1.54, 1.807) is 25.8 Å². The first-order valence-electron chi connectivity index (χ1n) is 9.44. The largest absolute Gasteiger partial charge is 0.497 e. The highest BCUT2D eigenvalue weighted by atomic mass is 16.5. The number of rotatable bonds is 5. The van der Waals surface area contributed by atoms with Crippen LogP contribution in [0.15, 0.2) is 55.4 Å². The number of amides is 1. The number of nitrogens with zero attached hydrogens (tertiary/aromatic N) is 5. The second-order valence-corrected chi connectivity index (χ2v) is 6.98. The summed E-state index contributed by atoms with van der Waals surface area (Å²) in [5.41, 5.74) is 1.92. The summed E-state index contributed by atoms with van der Waals surface area (Å²) >= 11 is 0. The predicted molar refractivity (Wildman–Crippen MR) is 104 cm³/mol. The minimum atomic E-state index is 0.147. The Kier molecular flexibility index (Phi) is 5.32. The van der Waals surface area contributed by atoms with Gasteiger partial charge in [-0.2, -0.15) is 0 Å². The van der Waals surface area contributed by atoms with Gasteiger partial charge in [-0.3, -0.25) is 14.3 Å². The molecule has 1 aliphatic rings. The van der Waals surface area contributed by atoms with E-state index in [4.69, 9.17) is 9.72 Å². The summed E-state index contributed by atoms with van der Waals surface area (Å²) in [4.78, 5) is 27.9. The van der Waals surface area contributed by atoms with Crippen molar-refractivity contribution in [1.29, 1.82) is 0 Å². The fourth-order valence-corrected chi connectivity index (χ4v) is 3.56. The molecule has 1 saturated heterocycles. The standard InChI is InChI=1S/C21H23N5O2/c1-28-18-6-4-16(5-7-18)11-21(27)25-9-2-3-17(14-25)19-12-23-13-20(24-19)26-10-8-22-15-26/h4-8,10,12-13,15,17H,2-3,9,11,14H2,1H3. The summed E-state index contributed by atoms with van der Waals surface area (Å²) in [5, 5.41) is 0. The molecule has 0 N–H and O–H groups in total. The Hall–Kier alpha value is -3.22. The van der Waals surface area contributed by atoms with E-state index >= 15 is 0 Å². The molecule has 0 saturated carbocycles. The number of imidazole rings is 1. The van der Waals surface area contributed by atoms with Crippen LogP contribution in [-0.2, 0) is 11.2 Å². The lowest BCUT2D eigenvalue weighted by atomic mass is 9.94. The first kappa shape index (κ1) is 18.2. The number of hydrogen-bond acceptors (Lipinski definition) is 5. The van der Waals surface area contributed by atoms with Crippen LogP contribution in [0.3, 0.4) is 0 Å². The first-order valence-corrected chi connectivity index (χ1v) is 9.44. The van der Waals surface area contributed by atoms with Crippen molar-refractivity contribution in [2.75, 3.05) is 20.2 Å². The lowest BCUT2D eigenvalue weighted by Gasteiger charge is -2.32. The number of hydrogen-bond donors (Lipinski definition) is 0. The monoisotopic (exact) mass is 377 g/mol. The molecule has 3 heterocycles. The van der Waals surface area contributed by atoms with Gasteiger partial charge in [0.25, 0.3) is 0 Å². The third-order valence-electron chi connectivity index (χ3n) is 5.12. The number of benzene rings is 1. The Morgan fingerprint density at radius 2 is 2.07 bits per heavy atom. The maximum absolute atomic E-state index is 12.8. The Balaban J connectivity index is 1.44. The highest BCUT2D eigenvalue weighted by Crippen LogP contribution is 2.26. The summed E-state index contributed by atoms with van der Waals surface area (Å²) < 4.78 is 7.02. The number of carbonyl (C=O) groups excluding carboxylic acids is 1. The van der Waals surface area contributed by atoms with E-state index in [0.29, 0.717) is 13.0 Å². The molecule has 0 aliphatic carbocycles. The van der Waals surface area contributed by atoms with Gasteiger partial charge in [-0.05, 0) is 30.5 Å². The fourth-order valence-electron chi connectivity index (χ4n) is 3.56. The molecule has 0 bridgehead atoms. The molecule has 144 valence electrons. The molecule has 1 fully saturated rings. The third-order valence-corrected chi connectivity index (χ3v) is 5.12. The number of aromatic nitrogens is 4. The molecular formula is C21H23N5O2. The zero-order valence-corrected chi connectivity index (χ0v) is 15.9. The molecule has 1 amide bonds. The van der Waals surface area contributed by atoms with Gasteiger partial charge in [-0.25, -0.2) is 9.97 Å². The van der Waals surface area contributed by atoms with Gasteiger partial charge in [0.1, 0.15) is 12.1 Å². The van der Waals surface area contributed by atoms with Crippen LogP contribution in [0.5, 0.6) is 5.75 Å². The van der Waals surface area contributed by atoms with Gasteiger partial charge >= 0.3 is 0 Å². The van der Waals surface area contributed by atoms with Gasteiger partial charge in [0, 0.05) is 37.6 Å². The zero-order chi connectivity index (χ0) is 19.3. The van der Waals surface area contributed by atoms with Crippen LogP contribution >= 0.6 is 0 Å². The number of methoxy groups -OCH3 is 1. The maximum atomic E-state index is 12.8. The summed E-state index contributed by atoms with van der Waals surface area (Å²) in [6.07, 6.45) is 11.2. The molecule has 1 aromatic carbocycles. The lowest BCUT2D eigenvalue weighted by molar-refractivity contribution is -0.131. The van der Waals surface area contributed by atoms with Gasteiger partial charge in [0.05, 0.1) is 25.4 Å². The Bertz CT molecular complexity index is 924. The van der Waals surface area contributed by atoms with Crippen molar-refractivity contribution in [3.8, 4) is 11.6 Å². The molecule has 1 aliphatic heterocycles. The van der Waals surface area contributed by atoms with E-state index in [9.17, 15) is 4.79 Å². The normalized spacial score (nSPS) is 16.8. The minimum absolute atomic E-state index is 0.147. The molecular weight excluding hydrogens is 354 g/mol. The number of ether oxygens (including phenoxy) is 1. The maximum Gasteiger partial charge on any atom is 0.227 e. The minimum Gasteiger partial charge on any atom is -0.497 e. The van der Waals surface area contributed by atoms with Crippen LogP contribution < -0.4 is 4.74 Å². The highest BCUT2D eigenvalue weighted by Gasteiger charge is 2.26. The molecule has 2 aromatic heterocycles. The second-order valence-electron chi connectivity index (χ2n) is 6.98. The number of carbonyl (C=O) groups is 1. The lowest BCUT2D eigenvalue weighted by Crippen LogP contribution is -2.40. The zero-order valence-electron chi connectivity index (χ0n) is 15.9. The van der Waals surface area contributed by atoms with E-state index < -0.39 is 0 Å². The van der Waals surface area contributed by atoms with Crippen molar-refractivity contribution in [2.45, 2.75) is 25.2 Å². The Labute approximate surface area is 164 Å². The van der Waals surface area contributed by atoms with E-state index in [1.165, 1.54) is 0 Å². The SMILES string of the molecule is COc1ccc(CC(=O)N2CCCC(c3cncc(-n4ccnc4)n3)C2)cc1. The van der Waals surface area contributed by atoms with Crippen molar-refractivity contribution in [2.24, 2.45) is 0 Å². The predicted octanol–water partition coefficient (Wildman–Crippen LogP) is 2.62. The van der Waals surface area contributed by atoms with Crippen LogP contribution in [-0.4, -0.2) is 50.5 Å². The van der Waals surface area contributed by atoms with Crippen LogP contribution in [0, 0.1) is 0 Å². The number of piperidine rings is 1. The van der Waals surface area contributed by atoms with Gasteiger partial charge in [0.2, 0.25) is 5.91 Å². The molecule has 0 spiro atoms. The summed E-state index contributed by atoms with van der Waals surface area (Å²) in [5.74, 6) is 1.89. The average Bonchev–Trinajstić information content (AvgIpc) is 3.29. The average molecular weight is 377 g/mol. The van der Waals surface area contributed by atoms with Crippen molar-refractivity contribution < 1.29 is 9.53 Å². The van der Waals surface area contributed by atoms with E-state index in [1.807, 2.05) is 46.1 Å². The topological polar surface area (TPSA) is 73.1 Å². The number of likely N-dealkylation sites (tertiary alicyclic amines) is 1. The quantitative estimate of drug-likeness (QED) is 0.683. The summed E-state index contributed by atoms with van der Waals surface area (Å²) in [6.45, 7) is 1.47. The molecule has 4 rings (SSSR count). The van der Waals surface area contributed by atoms with Gasteiger partial charge in [-0.15, -0.1) is 0 Å². The molecule has 1 unspecified atom stereocenters. The van der Waals surface area contributed by atoms with Crippen LogP contribution in [0.4, 0.5) is 0 Å². The van der Waals surface area contributed by atoms with Crippen molar-refractivity contribution in [1.82, 2.24) is 24.4 Å². The van der Waals surface area contributed by atoms with Gasteiger partial charge < -0.3 is 9.64 Å². The molecule has 1 atom stereocenters.